The molecule has 0 nitrogen and oxygen atoms in total. The number of hydrogen-bond acceptors (Lipinski definition) is 0. The van der Waals surface area contributed by atoms with Crippen LogP contribution in [-0.2, 0) is 0 Å². The lowest BCUT2D eigenvalue weighted by molar-refractivity contribution is 1.48. The van der Waals surface area contributed by atoms with Crippen LogP contribution in [0.2, 0.25) is 19.6 Å². The maximum atomic E-state index is 2.31. The molecule has 62 valence electrons. The van der Waals surface area contributed by atoms with Crippen LogP contribution < -0.4 is 0 Å². The molecule has 1 aromatic carbocycles. The predicted molar refractivity (Wildman–Crippen MR) is 55.9 cm³/mol. The minimum Gasteiger partial charge on any atom is -0.0724 e. The van der Waals surface area contributed by atoms with Crippen LogP contribution in [-0.4, -0.2) is 8.80 Å². The Bertz CT molecular complexity index is 165. The zero-order chi connectivity index (χ0) is 8.69. The van der Waals surface area contributed by atoms with Crippen molar-refractivity contribution in [3.8, 4) is 0 Å². The van der Waals surface area contributed by atoms with Crippen molar-refractivity contribution in [2.24, 2.45) is 0 Å². The molecule has 0 aromatic heterocycles. The molecular formula is C10H18Si. The number of aryl methyl sites for hydroxylation is 1. The van der Waals surface area contributed by atoms with Gasteiger partial charge in [-0.15, -0.1) is 0 Å². The monoisotopic (exact) mass is 166 g/mol. The molecular weight excluding hydrogens is 148 g/mol. The fourth-order valence-electron chi connectivity index (χ4n) is 0.534. The quantitative estimate of drug-likeness (QED) is 0.520. The molecule has 0 aliphatic carbocycles. The lowest BCUT2D eigenvalue weighted by atomic mass is 10.2. The van der Waals surface area contributed by atoms with E-state index >= 15 is 0 Å². The second-order valence-electron chi connectivity index (χ2n) is 3.39. The second kappa shape index (κ2) is 6.17. The largest absolute Gasteiger partial charge is 0.0724 e. The zero-order valence-corrected chi connectivity index (χ0v) is 9.12. The van der Waals surface area contributed by atoms with Gasteiger partial charge in [0.15, 0.2) is 0 Å². The van der Waals surface area contributed by atoms with Crippen molar-refractivity contribution in [2.75, 3.05) is 0 Å². The highest BCUT2D eigenvalue weighted by atomic mass is 28.3. The molecule has 0 aliphatic heterocycles. The van der Waals surface area contributed by atoms with E-state index in [9.17, 15) is 0 Å². The van der Waals surface area contributed by atoms with E-state index in [1.807, 2.05) is 18.2 Å². The summed E-state index contributed by atoms with van der Waals surface area (Å²) in [5, 5.41) is 0. The fourth-order valence-corrected chi connectivity index (χ4v) is 0.534. The molecule has 0 N–H and O–H groups in total. The van der Waals surface area contributed by atoms with Crippen LogP contribution in [0, 0.1) is 6.92 Å². The average molecular weight is 166 g/mol. The van der Waals surface area contributed by atoms with Gasteiger partial charge >= 0.3 is 0 Å². The SMILES string of the molecule is C[SiH](C)C.Cc1ccccc1. The lowest BCUT2D eigenvalue weighted by Gasteiger charge is -1.82. The summed E-state index contributed by atoms with van der Waals surface area (Å²) in [6.45, 7) is 9.00. The van der Waals surface area contributed by atoms with Gasteiger partial charge in [0.05, 0.1) is 0 Å². The summed E-state index contributed by atoms with van der Waals surface area (Å²) in [6, 6.07) is 10.3. The van der Waals surface area contributed by atoms with E-state index in [0.717, 1.165) is 0 Å². The highest BCUT2D eigenvalue weighted by molar-refractivity contribution is 6.54. The van der Waals surface area contributed by atoms with Gasteiger partial charge in [-0.05, 0) is 6.92 Å². The standard InChI is InChI=1S/C7H8.C3H10Si/c1-7-5-3-2-4-6-7;1-4(2)3/h2-6H,1H3;4H,1-3H3. The molecule has 1 heteroatoms. The molecule has 1 rings (SSSR count). The first-order chi connectivity index (χ1) is 5.13. The molecule has 0 saturated carbocycles. The van der Waals surface area contributed by atoms with Crippen LogP contribution in [0.4, 0.5) is 0 Å². The average Bonchev–Trinajstić information content (AvgIpc) is 1.87. The Kier molecular flexibility index (Phi) is 5.85. The molecule has 0 fully saturated rings. The summed E-state index contributed by atoms with van der Waals surface area (Å²) >= 11 is 0. The van der Waals surface area contributed by atoms with Gasteiger partial charge < -0.3 is 0 Å². The normalized spacial score (nSPS) is 8.82. The molecule has 0 heterocycles. The highest BCUT2D eigenvalue weighted by Crippen LogP contribution is 1.92. The van der Waals surface area contributed by atoms with E-state index < -0.39 is 0 Å². The molecule has 0 spiro atoms. The molecule has 11 heavy (non-hydrogen) atoms. The Balaban J connectivity index is 0.000000218. The topological polar surface area (TPSA) is 0 Å². The van der Waals surface area contributed by atoms with Crippen molar-refractivity contribution in [1.82, 2.24) is 0 Å². The van der Waals surface area contributed by atoms with Gasteiger partial charge in [-0.1, -0.05) is 55.5 Å². The maximum absolute atomic E-state index is 2.31. The van der Waals surface area contributed by atoms with Gasteiger partial charge in [-0.3, -0.25) is 0 Å². The van der Waals surface area contributed by atoms with Crippen LogP contribution in [0.1, 0.15) is 5.56 Å². The summed E-state index contributed by atoms with van der Waals surface area (Å²) in [5.41, 5.74) is 1.32. The molecule has 0 bridgehead atoms. The van der Waals surface area contributed by atoms with Crippen LogP contribution in [0.3, 0.4) is 0 Å². The van der Waals surface area contributed by atoms with E-state index in [2.05, 4.69) is 38.7 Å². The number of benzene rings is 1. The number of rotatable bonds is 0. The van der Waals surface area contributed by atoms with Crippen LogP contribution in [0.5, 0.6) is 0 Å². The third-order valence-electron chi connectivity index (χ3n) is 0.940. The zero-order valence-electron chi connectivity index (χ0n) is 7.96. The van der Waals surface area contributed by atoms with E-state index in [1.165, 1.54) is 5.56 Å². The molecule has 0 aliphatic rings. The first kappa shape index (κ1) is 10.4. The minimum atomic E-state index is -0.139. The molecule has 1 aromatic rings. The van der Waals surface area contributed by atoms with Crippen molar-refractivity contribution >= 4 is 8.80 Å². The lowest BCUT2D eigenvalue weighted by Crippen LogP contribution is -1.84. The predicted octanol–water partition coefficient (Wildman–Crippen LogP) is 3.10. The molecule has 0 saturated heterocycles. The van der Waals surface area contributed by atoms with Gasteiger partial charge in [0.1, 0.15) is 0 Å². The molecule has 0 atom stereocenters. The van der Waals surface area contributed by atoms with Gasteiger partial charge in [0.25, 0.3) is 0 Å². The summed E-state index contributed by atoms with van der Waals surface area (Å²) in [7, 11) is -0.139. The van der Waals surface area contributed by atoms with Gasteiger partial charge in [-0.25, -0.2) is 0 Å². The molecule has 0 radical (unpaired) electrons. The van der Waals surface area contributed by atoms with Crippen LogP contribution in [0.15, 0.2) is 30.3 Å². The van der Waals surface area contributed by atoms with E-state index in [4.69, 9.17) is 0 Å². The third kappa shape index (κ3) is 9.44. The Morgan fingerprint density at radius 1 is 0.909 bits per heavy atom. The Morgan fingerprint density at radius 2 is 1.27 bits per heavy atom. The summed E-state index contributed by atoms with van der Waals surface area (Å²) in [6.07, 6.45) is 0. The smallest absolute Gasteiger partial charge is 0.0274 e. The van der Waals surface area contributed by atoms with Gasteiger partial charge in [-0.2, -0.15) is 0 Å². The van der Waals surface area contributed by atoms with E-state index in [-0.39, 0.29) is 8.80 Å². The third-order valence-corrected chi connectivity index (χ3v) is 0.940. The summed E-state index contributed by atoms with van der Waals surface area (Å²) < 4.78 is 0. The first-order valence-corrected chi connectivity index (χ1v) is 7.61. The maximum Gasteiger partial charge on any atom is 0.0274 e. The number of hydrogen-bond donors (Lipinski definition) is 0. The van der Waals surface area contributed by atoms with Crippen LogP contribution >= 0.6 is 0 Å². The van der Waals surface area contributed by atoms with Crippen molar-refractivity contribution in [3.05, 3.63) is 35.9 Å². The Hall–Kier alpha value is -0.563. The Labute approximate surface area is 71.9 Å². The van der Waals surface area contributed by atoms with Crippen molar-refractivity contribution in [3.63, 3.8) is 0 Å². The second-order valence-corrected chi connectivity index (χ2v) is 6.85. The summed E-state index contributed by atoms with van der Waals surface area (Å²) in [5.74, 6) is 0. The fraction of sp³-hybridized carbons (Fsp3) is 0.400. The Morgan fingerprint density at radius 3 is 1.45 bits per heavy atom. The van der Waals surface area contributed by atoms with Crippen molar-refractivity contribution in [1.29, 1.82) is 0 Å². The van der Waals surface area contributed by atoms with Crippen LogP contribution in [0.25, 0.3) is 0 Å². The molecule has 0 amide bonds. The van der Waals surface area contributed by atoms with E-state index in [1.54, 1.807) is 0 Å². The van der Waals surface area contributed by atoms with Gasteiger partial charge in [0, 0.05) is 8.80 Å². The minimum absolute atomic E-state index is 0.139. The summed E-state index contributed by atoms with van der Waals surface area (Å²) in [4.78, 5) is 0. The highest BCUT2D eigenvalue weighted by Gasteiger charge is 1.72. The van der Waals surface area contributed by atoms with Gasteiger partial charge in [0.2, 0.25) is 0 Å². The molecule has 0 unspecified atom stereocenters. The van der Waals surface area contributed by atoms with E-state index in [0.29, 0.717) is 0 Å². The van der Waals surface area contributed by atoms with Crippen molar-refractivity contribution < 1.29 is 0 Å². The first-order valence-electron chi connectivity index (χ1n) is 4.14. The van der Waals surface area contributed by atoms with Crippen molar-refractivity contribution in [2.45, 2.75) is 26.6 Å².